The second-order valence-corrected chi connectivity index (χ2v) is 7.43. The van der Waals surface area contributed by atoms with E-state index >= 15 is 0 Å². The van der Waals surface area contributed by atoms with Crippen molar-refractivity contribution in [2.45, 2.75) is 12.2 Å². The molecule has 5 nitrogen and oxygen atoms in total. The minimum Gasteiger partial charge on any atom is -0.384 e. The van der Waals surface area contributed by atoms with E-state index in [0.717, 1.165) is 28.6 Å². The van der Waals surface area contributed by atoms with E-state index in [1.165, 1.54) is 12.1 Å². The minimum atomic E-state index is -3.52. The summed E-state index contributed by atoms with van der Waals surface area (Å²) in [5.74, 6) is -0.464. The molecule has 0 bridgehead atoms. The molecule has 0 spiro atoms. The minimum absolute atomic E-state index is 0.167. The Morgan fingerprint density at radius 2 is 1.76 bits per heavy atom. The summed E-state index contributed by atoms with van der Waals surface area (Å²) < 4.78 is 35.6. The van der Waals surface area contributed by atoms with Crippen molar-refractivity contribution in [1.82, 2.24) is 4.98 Å². The third-order valence-electron chi connectivity index (χ3n) is 3.82. The number of aromatic nitrogens is 1. The maximum absolute atomic E-state index is 13.5. The first-order valence-electron chi connectivity index (χ1n) is 7.77. The van der Waals surface area contributed by atoms with Gasteiger partial charge in [0, 0.05) is 23.8 Å². The van der Waals surface area contributed by atoms with Crippen molar-refractivity contribution in [3.63, 3.8) is 0 Å². The Hall–Kier alpha value is -2.51. The fourth-order valence-electron chi connectivity index (χ4n) is 2.65. The molecule has 25 heavy (non-hydrogen) atoms. The summed E-state index contributed by atoms with van der Waals surface area (Å²) in [5, 5.41) is 9.07. The number of nitrogens with one attached hydrogen (secondary N) is 1. The lowest BCUT2D eigenvalue weighted by atomic mass is 10.1. The third kappa shape index (κ3) is 4.74. The van der Waals surface area contributed by atoms with Crippen LogP contribution in [0.1, 0.15) is 11.1 Å². The molecule has 0 atom stereocenters. The number of halogens is 1. The Labute approximate surface area is 145 Å². The van der Waals surface area contributed by atoms with Gasteiger partial charge in [-0.25, -0.2) is 17.9 Å². The maximum atomic E-state index is 13.5. The highest BCUT2D eigenvalue weighted by molar-refractivity contribution is 7.88. The number of sulfonamides is 1. The standard InChI is InChI=1S/C18H18FN3O2S/c19-15-5-6-17-16(11-15)18(8-10-22-17)21-9-7-13-1-3-14(4-2-13)12-25(20,23)24/h1-6,8,10-11H,7,9,12H2,(H,21,22)(H2,20,23,24). The lowest BCUT2D eigenvalue weighted by molar-refractivity contribution is 0.597. The summed E-state index contributed by atoms with van der Waals surface area (Å²) in [5.41, 5.74) is 3.29. The van der Waals surface area contributed by atoms with Crippen LogP contribution in [0.5, 0.6) is 0 Å². The lowest BCUT2D eigenvalue weighted by Gasteiger charge is -2.10. The first kappa shape index (κ1) is 17.3. The molecule has 0 amide bonds. The van der Waals surface area contributed by atoms with Gasteiger partial charge in [-0.1, -0.05) is 24.3 Å². The van der Waals surface area contributed by atoms with Crippen LogP contribution in [0.4, 0.5) is 10.1 Å². The van der Waals surface area contributed by atoms with Gasteiger partial charge in [0.25, 0.3) is 0 Å². The molecule has 0 aliphatic carbocycles. The molecule has 130 valence electrons. The topological polar surface area (TPSA) is 85.1 Å². The molecule has 1 heterocycles. The van der Waals surface area contributed by atoms with Crippen molar-refractivity contribution in [2.75, 3.05) is 11.9 Å². The van der Waals surface area contributed by atoms with Crippen molar-refractivity contribution in [3.05, 3.63) is 71.7 Å². The van der Waals surface area contributed by atoms with E-state index in [2.05, 4.69) is 10.3 Å². The summed E-state index contributed by atoms with van der Waals surface area (Å²) in [4.78, 5) is 4.22. The van der Waals surface area contributed by atoms with Crippen LogP contribution < -0.4 is 10.5 Å². The number of hydrogen-bond donors (Lipinski definition) is 2. The predicted molar refractivity (Wildman–Crippen MR) is 97.1 cm³/mol. The van der Waals surface area contributed by atoms with Crippen molar-refractivity contribution < 1.29 is 12.8 Å². The molecule has 0 unspecified atom stereocenters. The van der Waals surface area contributed by atoms with Crippen LogP contribution in [0, 0.1) is 5.82 Å². The molecule has 0 fully saturated rings. The molecule has 0 radical (unpaired) electrons. The molecular formula is C18H18FN3O2S. The number of nitrogens with zero attached hydrogens (tertiary/aromatic N) is 1. The number of fused-ring (bicyclic) bond motifs is 1. The number of rotatable bonds is 6. The number of primary sulfonamides is 1. The van der Waals surface area contributed by atoms with Crippen molar-refractivity contribution in [3.8, 4) is 0 Å². The van der Waals surface area contributed by atoms with Crippen molar-refractivity contribution in [1.29, 1.82) is 0 Å². The fourth-order valence-corrected chi connectivity index (χ4v) is 3.31. The summed E-state index contributed by atoms with van der Waals surface area (Å²) in [6.45, 7) is 0.657. The Morgan fingerprint density at radius 1 is 1.04 bits per heavy atom. The molecular weight excluding hydrogens is 341 g/mol. The Morgan fingerprint density at radius 3 is 2.48 bits per heavy atom. The Kier molecular flexibility index (Phi) is 4.96. The van der Waals surface area contributed by atoms with Gasteiger partial charge in [0.15, 0.2) is 0 Å². The first-order chi connectivity index (χ1) is 11.9. The van der Waals surface area contributed by atoms with Gasteiger partial charge < -0.3 is 5.32 Å². The monoisotopic (exact) mass is 359 g/mol. The zero-order valence-corrected chi connectivity index (χ0v) is 14.3. The van der Waals surface area contributed by atoms with E-state index in [4.69, 9.17) is 5.14 Å². The van der Waals surface area contributed by atoms with E-state index in [9.17, 15) is 12.8 Å². The zero-order valence-electron chi connectivity index (χ0n) is 13.4. The number of nitrogens with two attached hydrogens (primary N) is 1. The summed E-state index contributed by atoms with van der Waals surface area (Å²) in [6, 6.07) is 13.6. The van der Waals surface area contributed by atoms with Gasteiger partial charge in [-0.3, -0.25) is 4.98 Å². The van der Waals surface area contributed by atoms with Crippen LogP contribution >= 0.6 is 0 Å². The second kappa shape index (κ2) is 7.16. The summed E-state index contributed by atoms with van der Waals surface area (Å²) in [6.07, 6.45) is 2.43. The lowest BCUT2D eigenvalue weighted by Crippen LogP contribution is -2.14. The number of benzene rings is 2. The molecule has 3 rings (SSSR count). The SMILES string of the molecule is NS(=O)(=O)Cc1ccc(CCNc2ccnc3ccc(F)cc23)cc1. The maximum Gasteiger partial charge on any atom is 0.213 e. The molecule has 0 aliphatic heterocycles. The van der Waals surface area contributed by atoms with E-state index < -0.39 is 10.0 Å². The van der Waals surface area contributed by atoms with E-state index in [1.54, 1.807) is 24.4 Å². The van der Waals surface area contributed by atoms with Gasteiger partial charge in [-0.05, 0) is 41.8 Å². The van der Waals surface area contributed by atoms with Gasteiger partial charge in [0.2, 0.25) is 10.0 Å². The van der Waals surface area contributed by atoms with E-state index in [0.29, 0.717) is 12.1 Å². The smallest absolute Gasteiger partial charge is 0.213 e. The van der Waals surface area contributed by atoms with Crippen LogP contribution in [0.25, 0.3) is 10.9 Å². The quantitative estimate of drug-likeness (QED) is 0.709. The van der Waals surface area contributed by atoms with E-state index in [-0.39, 0.29) is 11.6 Å². The average Bonchev–Trinajstić information content (AvgIpc) is 2.55. The molecule has 3 aromatic rings. The molecule has 0 saturated carbocycles. The van der Waals surface area contributed by atoms with Gasteiger partial charge in [0.1, 0.15) is 5.82 Å². The van der Waals surface area contributed by atoms with Crippen molar-refractivity contribution >= 4 is 26.6 Å². The molecule has 2 aromatic carbocycles. The predicted octanol–water partition coefficient (Wildman–Crippen LogP) is 2.82. The van der Waals surface area contributed by atoms with Crippen LogP contribution in [0.15, 0.2) is 54.7 Å². The highest BCUT2D eigenvalue weighted by atomic mass is 32.2. The number of hydrogen-bond acceptors (Lipinski definition) is 4. The van der Waals surface area contributed by atoms with Crippen molar-refractivity contribution in [2.24, 2.45) is 5.14 Å². The number of pyridine rings is 1. The van der Waals surface area contributed by atoms with Crippen LogP contribution in [0.3, 0.4) is 0 Å². The molecule has 3 N–H and O–H groups in total. The molecule has 7 heteroatoms. The van der Waals surface area contributed by atoms with Crippen LogP contribution in [-0.4, -0.2) is 19.9 Å². The fraction of sp³-hybridized carbons (Fsp3) is 0.167. The Balaban J connectivity index is 1.64. The highest BCUT2D eigenvalue weighted by Crippen LogP contribution is 2.22. The van der Waals surface area contributed by atoms with Gasteiger partial charge in [0.05, 0.1) is 11.3 Å². The second-order valence-electron chi connectivity index (χ2n) is 5.82. The van der Waals surface area contributed by atoms with Crippen LogP contribution in [0.2, 0.25) is 0 Å². The zero-order chi connectivity index (χ0) is 17.9. The Bertz CT molecular complexity index is 989. The van der Waals surface area contributed by atoms with Gasteiger partial charge >= 0.3 is 0 Å². The average molecular weight is 359 g/mol. The van der Waals surface area contributed by atoms with Crippen LogP contribution in [-0.2, 0) is 22.2 Å². The summed E-state index contributed by atoms with van der Waals surface area (Å²) in [7, 11) is -3.52. The molecule has 0 saturated heterocycles. The normalized spacial score (nSPS) is 11.6. The van der Waals surface area contributed by atoms with Gasteiger partial charge in [-0.2, -0.15) is 0 Å². The summed E-state index contributed by atoms with van der Waals surface area (Å²) >= 11 is 0. The number of anilines is 1. The first-order valence-corrected chi connectivity index (χ1v) is 9.49. The largest absolute Gasteiger partial charge is 0.384 e. The molecule has 0 aliphatic rings. The molecule has 1 aromatic heterocycles. The van der Waals surface area contributed by atoms with Gasteiger partial charge in [-0.15, -0.1) is 0 Å². The highest BCUT2D eigenvalue weighted by Gasteiger charge is 2.05. The van der Waals surface area contributed by atoms with E-state index in [1.807, 2.05) is 18.2 Å². The third-order valence-corrected chi connectivity index (χ3v) is 4.56.